The molecule has 0 saturated carbocycles. The van der Waals surface area contributed by atoms with Gasteiger partial charge in [-0.2, -0.15) is 0 Å². The van der Waals surface area contributed by atoms with E-state index in [1.807, 2.05) is 31.9 Å². The van der Waals surface area contributed by atoms with Crippen LogP contribution < -0.4 is 19.1 Å². The number of fused-ring (bicyclic) bond motifs is 2. The summed E-state index contributed by atoms with van der Waals surface area (Å²) in [4.78, 5) is 6.45. The first kappa shape index (κ1) is 16.7. The average Bonchev–Trinajstić information content (AvgIpc) is 2.80. The van der Waals surface area contributed by atoms with Crippen LogP contribution in [0.2, 0.25) is 0 Å². The number of anilines is 1. The highest BCUT2D eigenvalue weighted by atomic mass is 19.1. The molecule has 1 atom stereocenters. The van der Waals surface area contributed by atoms with Crippen molar-refractivity contribution in [3.8, 4) is 17.2 Å². The van der Waals surface area contributed by atoms with Crippen LogP contribution in [0.4, 0.5) is 15.8 Å². The Balaban J connectivity index is 1.91. The number of hydrogen-bond donors (Lipinski definition) is 0. The molecule has 0 fully saturated rings. The second-order valence-corrected chi connectivity index (χ2v) is 7.05. The minimum Gasteiger partial charge on any atom is -0.496 e. The Bertz CT molecular complexity index is 926. The van der Waals surface area contributed by atoms with Crippen LogP contribution in [0.15, 0.2) is 35.3 Å². The lowest BCUT2D eigenvalue weighted by molar-refractivity contribution is 0.0816. The molecule has 136 valence electrons. The Morgan fingerprint density at radius 2 is 1.92 bits per heavy atom. The molecule has 2 heterocycles. The number of ether oxygens (including phenoxy) is 3. The molecule has 2 aromatic carbocycles. The smallest absolute Gasteiger partial charge is 0.228 e. The van der Waals surface area contributed by atoms with Gasteiger partial charge in [0.25, 0.3) is 0 Å². The molecule has 5 nitrogen and oxygen atoms in total. The van der Waals surface area contributed by atoms with Crippen LogP contribution in [0, 0.1) is 5.82 Å². The zero-order chi connectivity index (χ0) is 18.7. The third kappa shape index (κ3) is 1.92. The average molecular weight is 356 g/mol. The molecule has 1 unspecified atom stereocenters. The van der Waals surface area contributed by atoms with Gasteiger partial charge >= 0.3 is 0 Å². The van der Waals surface area contributed by atoms with Crippen molar-refractivity contribution in [1.29, 1.82) is 0 Å². The fourth-order valence-electron chi connectivity index (χ4n) is 3.97. The van der Waals surface area contributed by atoms with Gasteiger partial charge in [-0.1, -0.05) is 12.1 Å². The quantitative estimate of drug-likeness (QED) is 0.814. The van der Waals surface area contributed by atoms with Gasteiger partial charge in [-0.15, -0.1) is 0 Å². The first-order valence-corrected chi connectivity index (χ1v) is 8.39. The molecule has 2 aliphatic rings. The molecule has 1 spiro atoms. The van der Waals surface area contributed by atoms with Crippen molar-refractivity contribution in [3.63, 3.8) is 0 Å². The highest BCUT2D eigenvalue weighted by molar-refractivity contribution is 5.89. The van der Waals surface area contributed by atoms with E-state index in [1.54, 1.807) is 38.6 Å². The molecule has 0 radical (unpaired) electrons. The zero-order valence-electron chi connectivity index (χ0n) is 15.5. The van der Waals surface area contributed by atoms with Gasteiger partial charge in [-0.3, -0.25) is 0 Å². The lowest BCUT2D eigenvalue weighted by atomic mass is 9.77. The number of hydrogen-bond acceptors (Lipinski definition) is 5. The number of rotatable bonds is 2. The standard InChI is InChI=1S/C20H21FN2O3/c1-19(2)13-7-6-8-14(21)18(13)23(3)20(19)11-22-17-15(25-5)9-12(24-4)10-16(17)26-20/h6-11H,1-5H3. The molecule has 6 heteroatoms. The zero-order valence-corrected chi connectivity index (χ0v) is 15.5. The normalized spacial score (nSPS) is 22.0. The maximum Gasteiger partial charge on any atom is 0.228 e. The van der Waals surface area contributed by atoms with Gasteiger partial charge in [0.05, 0.1) is 31.5 Å². The maximum absolute atomic E-state index is 14.6. The van der Waals surface area contributed by atoms with E-state index in [4.69, 9.17) is 14.2 Å². The van der Waals surface area contributed by atoms with E-state index in [0.29, 0.717) is 28.6 Å². The van der Waals surface area contributed by atoms with E-state index in [2.05, 4.69) is 4.99 Å². The molecule has 0 saturated heterocycles. The fraction of sp³-hybridized carbons (Fsp3) is 0.350. The number of likely N-dealkylation sites (N-methyl/N-ethyl adjacent to an activating group) is 1. The number of para-hydroxylation sites is 1. The van der Waals surface area contributed by atoms with Gasteiger partial charge in [0.15, 0.2) is 11.5 Å². The minimum absolute atomic E-state index is 0.277. The summed E-state index contributed by atoms with van der Waals surface area (Å²) in [6, 6.07) is 8.66. The highest BCUT2D eigenvalue weighted by Crippen LogP contribution is 2.55. The summed E-state index contributed by atoms with van der Waals surface area (Å²) in [5.74, 6) is 1.43. The van der Waals surface area contributed by atoms with Crippen LogP contribution in [0.25, 0.3) is 0 Å². The third-order valence-electron chi connectivity index (χ3n) is 5.49. The van der Waals surface area contributed by atoms with Crippen LogP contribution >= 0.6 is 0 Å². The number of methoxy groups -OCH3 is 2. The Morgan fingerprint density at radius 1 is 1.15 bits per heavy atom. The van der Waals surface area contributed by atoms with Crippen LogP contribution in [0.3, 0.4) is 0 Å². The molecule has 2 aromatic rings. The molecular formula is C20H21FN2O3. The van der Waals surface area contributed by atoms with Crippen molar-refractivity contribution in [3.05, 3.63) is 41.7 Å². The summed E-state index contributed by atoms with van der Waals surface area (Å²) in [5, 5.41) is 0. The molecule has 0 N–H and O–H groups in total. The molecule has 0 amide bonds. The number of nitrogens with zero attached hydrogens (tertiary/aromatic N) is 2. The van der Waals surface area contributed by atoms with Crippen molar-refractivity contribution in [2.24, 2.45) is 4.99 Å². The van der Waals surface area contributed by atoms with Gasteiger partial charge in [0.2, 0.25) is 5.72 Å². The summed E-state index contributed by atoms with van der Waals surface area (Å²) in [6.45, 7) is 4.06. The second kappa shape index (κ2) is 5.37. The van der Waals surface area contributed by atoms with Crippen molar-refractivity contribution in [1.82, 2.24) is 0 Å². The molecule has 2 aliphatic heterocycles. The fourth-order valence-corrected chi connectivity index (χ4v) is 3.97. The summed E-state index contributed by atoms with van der Waals surface area (Å²) < 4.78 is 31.8. The van der Waals surface area contributed by atoms with E-state index >= 15 is 0 Å². The first-order chi connectivity index (χ1) is 12.4. The number of halogens is 1. The topological polar surface area (TPSA) is 43.3 Å². The lowest BCUT2D eigenvalue weighted by Gasteiger charge is -2.44. The van der Waals surface area contributed by atoms with Gasteiger partial charge in [-0.05, 0) is 25.5 Å². The SMILES string of the molecule is COc1cc(OC)c2c(c1)OC1(C=N2)N(C)c2c(F)cccc2C1(C)C. The van der Waals surface area contributed by atoms with Gasteiger partial charge in [0.1, 0.15) is 17.3 Å². The van der Waals surface area contributed by atoms with E-state index in [-0.39, 0.29) is 5.82 Å². The van der Waals surface area contributed by atoms with E-state index in [1.165, 1.54) is 6.07 Å². The highest BCUT2D eigenvalue weighted by Gasteiger charge is 2.59. The molecular weight excluding hydrogens is 335 g/mol. The largest absolute Gasteiger partial charge is 0.496 e. The number of benzene rings is 2. The Hall–Kier alpha value is -2.76. The van der Waals surface area contributed by atoms with Crippen LogP contribution in [-0.4, -0.2) is 33.2 Å². The van der Waals surface area contributed by atoms with Crippen molar-refractivity contribution in [2.45, 2.75) is 25.0 Å². The first-order valence-electron chi connectivity index (χ1n) is 8.39. The van der Waals surface area contributed by atoms with E-state index < -0.39 is 11.1 Å². The summed E-state index contributed by atoms with van der Waals surface area (Å²) in [7, 11) is 4.98. The lowest BCUT2D eigenvalue weighted by Crippen LogP contribution is -2.61. The predicted octanol–water partition coefficient (Wildman–Crippen LogP) is 4.06. The van der Waals surface area contributed by atoms with Crippen molar-refractivity contribution >= 4 is 17.6 Å². The summed E-state index contributed by atoms with van der Waals surface area (Å²) in [6.07, 6.45) is 1.74. The van der Waals surface area contributed by atoms with Gasteiger partial charge in [0, 0.05) is 19.2 Å². The third-order valence-corrected chi connectivity index (χ3v) is 5.49. The second-order valence-electron chi connectivity index (χ2n) is 7.05. The predicted molar refractivity (Wildman–Crippen MR) is 98.9 cm³/mol. The van der Waals surface area contributed by atoms with Crippen LogP contribution in [0.5, 0.6) is 17.2 Å². The van der Waals surface area contributed by atoms with Crippen molar-refractivity contribution < 1.29 is 18.6 Å². The Kier molecular flexibility index (Phi) is 3.45. The van der Waals surface area contributed by atoms with E-state index in [9.17, 15) is 4.39 Å². The Labute approximate surface area is 152 Å². The molecule has 4 rings (SSSR count). The van der Waals surface area contributed by atoms with Crippen LogP contribution in [-0.2, 0) is 5.41 Å². The van der Waals surface area contributed by atoms with E-state index in [0.717, 1.165) is 5.56 Å². The number of aliphatic imine (C=N–C) groups is 1. The minimum atomic E-state index is -0.956. The van der Waals surface area contributed by atoms with Crippen molar-refractivity contribution in [2.75, 3.05) is 26.2 Å². The summed E-state index contributed by atoms with van der Waals surface area (Å²) >= 11 is 0. The Morgan fingerprint density at radius 3 is 2.58 bits per heavy atom. The molecule has 0 aromatic heterocycles. The monoisotopic (exact) mass is 356 g/mol. The van der Waals surface area contributed by atoms with Gasteiger partial charge < -0.3 is 19.1 Å². The maximum atomic E-state index is 14.6. The van der Waals surface area contributed by atoms with Gasteiger partial charge in [-0.25, -0.2) is 9.38 Å². The van der Waals surface area contributed by atoms with Crippen LogP contribution in [0.1, 0.15) is 19.4 Å². The molecule has 0 bridgehead atoms. The molecule has 26 heavy (non-hydrogen) atoms. The summed E-state index contributed by atoms with van der Waals surface area (Å²) in [5.41, 5.74) is 0.519. The molecule has 0 aliphatic carbocycles.